The van der Waals surface area contributed by atoms with Crippen molar-refractivity contribution in [2.75, 3.05) is 12.4 Å². The highest BCUT2D eigenvalue weighted by Crippen LogP contribution is 2.19. The Kier molecular flexibility index (Phi) is 4.60. The maximum absolute atomic E-state index is 10.6. The molecule has 0 aliphatic rings. The van der Waals surface area contributed by atoms with Crippen LogP contribution in [-0.2, 0) is 17.8 Å². The molecule has 0 unspecified atom stereocenters. The van der Waals surface area contributed by atoms with Gasteiger partial charge in [0.2, 0.25) is 0 Å². The third-order valence-corrected chi connectivity index (χ3v) is 2.98. The Labute approximate surface area is 118 Å². The minimum Gasteiger partial charge on any atom is -0.496 e. The van der Waals surface area contributed by atoms with Gasteiger partial charge in [-0.15, -0.1) is 0 Å². The molecule has 0 atom stereocenters. The van der Waals surface area contributed by atoms with Gasteiger partial charge in [0.25, 0.3) is 0 Å². The molecule has 0 aromatic heterocycles. The summed E-state index contributed by atoms with van der Waals surface area (Å²) in [6, 6.07) is 15.2. The van der Waals surface area contributed by atoms with Gasteiger partial charge in [-0.25, -0.2) is 0 Å². The number of hydrogen-bond donors (Lipinski definition) is 2. The molecule has 0 aliphatic carbocycles. The van der Waals surface area contributed by atoms with Gasteiger partial charge in [-0.3, -0.25) is 4.79 Å². The minimum absolute atomic E-state index is 0.0484. The molecule has 2 aromatic rings. The average molecular weight is 271 g/mol. The average Bonchev–Trinajstić information content (AvgIpc) is 2.46. The summed E-state index contributed by atoms with van der Waals surface area (Å²) in [5.74, 6) is 0.0298. The SMILES string of the molecule is COc1ccccc1CNc1ccc(CC(=O)O)cc1. The lowest BCUT2D eigenvalue weighted by molar-refractivity contribution is -0.136. The van der Waals surface area contributed by atoms with Crippen LogP contribution in [0.3, 0.4) is 0 Å². The van der Waals surface area contributed by atoms with Gasteiger partial charge in [-0.2, -0.15) is 0 Å². The van der Waals surface area contributed by atoms with Crippen LogP contribution in [0.5, 0.6) is 5.75 Å². The van der Waals surface area contributed by atoms with E-state index in [-0.39, 0.29) is 6.42 Å². The van der Waals surface area contributed by atoms with Crippen molar-refractivity contribution in [1.82, 2.24) is 0 Å². The number of benzene rings is 2. The maximum Gasteiger partial charge on any atom is 0.307 e. The molecule has 2 N–H and O–H groups in total. The summed E-state index contributed by atoms with van der Waals surface area (Å²) in [6.45, 7) is 0.655. The fraction of sp³-hybridized carbons (Fsp3) is 0.188. The molecule has 0 aliphatic heterocycles. The van der Waals surface area contributed by atoms with Crippen LogP contribution in [0.1, 0.15) is 11.1 Å². The van der Waals surface area contributed by atoms with Crippen LogP contribution >= 0.6 is 0 Å². The molecule has 2 aromatic carbocycles. The summed E-state index contributed by atoms with van der Waals surface area (Å²) in [7, 11) is 1.65. The number of carboxylic acids is 1. The van der Waals surface area contributed by atoms with Gasteiger partial charge < -0.3 is 15.2 Å². The number of hydrogen-bond acceptors (Lipinski definition) is 3. The second kappa shape index (κ2) is 6.61. The standard InChI is InChI=1S/C16H17NO3/c1-20-15-5-3-2-4-13(15)11-17-14-8-6-12(7-9-14)10-16(18)19/h2-9,17H,10-11H2,1H3,(H,18,19). The fourth-order valence-corrected chi connectivity index (χ4v) is 1.96. The number of carbonyl (C=O) groups is 1. The van der Waals surface area contributed by atoms with Crippen molar-refractivity contribution in [2.24, 2.45) is 0 Å². The third-order valence-electron chi connectivity index (χ3n) is 2.98. The van der Waals surface area contributed by atoms with E-state index in [0.717, 1.165) is 22.6 Å². The molecule has 0 amide bonds. The topological polar surface area (TPSA) is 58.6 Å². The molecule has 4 nitrogen and oxygen atoms in total. The lowest BCUT2D eigenvalue weighted by Gasteiger charge is -2.10. The second-order valence-electron chi connectivity index (χ2n) is 4.43. The Morgan fingerprint density at radius 2 is 1.85 bits per heavy atom. The van der Waals surface area contributed by atoms with Crippen LogP contribution in [0.2, 0.25) is 0 Å². The monoisotopic (exact) mass is 271 g/mol. The molecule has 20 heavy (non-hydrogen) atoms. The molecule has 0 saturated heterocycles. The zero-order valence-electron chi connectivity index (χ0n) is 11.3. The quantitative estimate of drug-likeness (QED) is 0.848. The predicted molar refractivity (Wildman–Crippen MR) is 78.1 cm³/mol. The molecule has 0 heterocycles. The Morgan fingerprint density at radius 3 is 2.50 bits per heavy atom. The maximum atomic E-state index is 10.6. The summed E-state index contributed by atoms with van der Waals surface area (Å²) < 4.78 is 5.29. The fourth-order valence-electron chi connectivity index (χ4n) is 1.96. The second-order valence-corrected chi connectivity index (χ2v) is 4.43. The van der Waals surface area contributed by atoms with Gasteiger partial charge in [-0.1, -0.05) is 30.3 Å². The number of nitrogens with one attached hydrogen (secondary N) is 1. The zero-order chi connectivity index (χ0) is 14.4. The Balaban J connectivity index is 1.98. The smallest absolute Gasteiger partial charge is 0.307 e. The molecule has 2 rings (SSSR count). The van der Waals surface area contributed by atoms with E-state index in [4.69, 9.17) is 9.84 Å². The van der Waals surface area contributed by atoms with Crippen LogP contribution in [0, 0.1) is 0 Å². The molecule has 4 heteroatoms. The number of carboxylic acid groups (broad SMARTS) is 1. The third kappa shape index (κ3) is 3.75. The van der Waals surface area contributed by atoms with Crippen LogP contribution < -0.4 is 10.1 Å². The van der Waals surface area contributed by atoms with Gasteiger partial charge >= 0.3 is 5.97 Å². The first-order valence-electron chi connectivity index (χ1n) is 6.35. The largest absolute Gasteiger partial charge is 0.496 e. The van der Waals surface area contributed by atoms with Crippen molar-refractivity contribution in [3.63, 3.8) is 0 Å². The van der Waals surface area contributed by atoms with Crippen molar-refractivity contribution in [3.05, 3.63) is 59.7 Å². The van der Waals surface area contributed by atoms with Crippen LogP contribution in [-0.4, -0.2) is 18.2 Å². The highest BCUT2D eigenvalue weighted by atomic mass is 16.5. The lowest BCUT2D eigenvalue weighted by atomic mass is 10.1. The van der Waals surface area contributed by atoms with Gasteiger partial charge in [-0.05, 0) is 23.8 Å². The number of para-hydroxylation sites is 1. The number of ether oxygens (including phenoxy) is 1. The summed E-state index contributed by atoms with van der Waals surface area (Å²) in [5.41, 5.74) is 2.81. The molecule has 0 fully saturated rings. The van der Waals surface area contributed by atoms with E-state index in [1.807, 2.05) is 48.5 Å². The van der Waals surface area contributed by atoms with E-state index in [1.165, 1.54) is 0 Å². The number of methoxy groups -OCH3 is 1. The van der Waals surface area contributed by atoms with Crippen LogP contribution in [0.25, 0.3) is 0 Å². The Bertz CT molecular complexity index is 579. The Hall–Kier alpha value is -2.49. The van der Waals surface area contributed by atoms with E-state index in [1.54, 1.807) is 7.11 Å². The highest BCUT2D eigenvalue weighted by Gasteiger charge is 2.02. The van der Waals surface area contributed by atoms with Gasteiger partial charge in [0.1, 0.15) is 5.75 Å². The molecule has 0 saturated carbocycles. The normalized spacial score (nSPS) is 10.1. The first-order valence-corrected chi connectivity index (χ1v) is 6.35. The summed E-state index contributed by atoms with van der Waals surface area (Å²) in [5, 5.41) is 12.0. The van der Waals surface area contributed by atoms with E-state index in [9.17, 15) is 4.79 Å². The van der Waals surface area contributed by atoms with E-state index < -0.39 is 5.97 Å². The zero-order valence-corrected chi connectivity index (χ0v) is 11.3. The highest BCUT2D eigenvalue weighted by molar-refractivity contribution is 5.70. The first kappa shape index (κ1) is 13.9. The molecular formula is C16H17NO3. The van der Waals surface area contributed by atoms with E-state index in [0.29, 0.717) is 6.54 Å². The minimum atomic E-state index is -0.820. The van der Waals surface area contributed by atoms with Crippen LogP contribution in [0.15, 0.2) is 48.5 Å². The predicted octanol–water partition coefficient (Wildman–Crippen LogP) is 2.93. The van der Waals surface area contributed by atoms with Crippen LogP contribution in [0.4, 0.5) is 5.69 Å². The number of rotatable bonds is 6. The van der Waals surface area contributed by atoms with Crippen molar-refractivity contribution >= 4 is 11.7 Å². The number of anilines is 1. The molecule has 0 spiro atoms. The summed E-state index contributed by atoms with van der Waals surface area (Å²) >= 11 is 0. The van der Waals surface area contributed by atoms with Crippen molar-refractivity contribution in [2.45, 2.75) is 13.0 Å². The van der Waals surface area contributed by atoms with Gasteiger partial charge in [0.15, 0.2) is 0 Å². The molecular weight excluding hydrogens is 254 g/mol. The summed E-state index contributed by atoms with van der Waals surface area (Å²) in [4.78, 5) is 10.6. The van der Waals surface area contributed by atoms with Crippen molar-refractivity contribution < 1.29 is 14.6 Å². The van der Waals surface area contributed by atoms with Gasteiger partial charge in [0, 0.05) is 17.8 Å². The number of aliphatic carboxylic acids is 1. The molecule has 0 radical (unpaired) electrons. The van der Waals surface area contributed by atoms with E-state index >= 15 is 0 Å². The van der Waals surface area contributed by atoms with Gasteiger partial charge in [0.05, 0.1) is 13.5 Å². The Morgan fingerprint density at radius 1 is 1.15 bits per heavy atom. The lowest BCUT2D eigenvalue weighted by Crippen LogP contribution is -2.02. The van der Waals surface area contributed by atoms with Crippen molar-refractivity contribution in [3.8, 4) is 5.75 Å². The van der Waals surface area contributed by atoms with E-state index in [2.05, 4.69) is 5.32 Å². The molecule has 104 valence electrons. The molecule has 0 bridgehead atoms. The summed E-state index contributed by atoms with van der Waals surface area (Å²) in [6.07, 6.45) is 0.0484. The first-order chi connectivity index (χ1) is 9.69. The van der Waals surface area contributed by atoms with Crippen molar-refractivity contribution in [1.29, 1.82) is 0 Å².